The van der Waals surface area contributed by atoms with Crippen molar-refractivity contribution in [3.05, 3.63) is 29.6 Å². The molecule has 6 heteroatoms. The Kier molecular flexibility index (Phi) is 3.55. The van der Waals surface area contributed by atoms with E-state index in [9.17, 15) is 4.79 Å². The summed E-state index contributed by atoms with van der Waals surface area (Å²) in [6.07, 6.45) is 0.0433. The number of amides is 1. The van der Waals surface area contributed by atoms with Crippen molar-refractivity contribution < 1.29 is 9.53 Å². The van der Waals surface area contributed by atoms with E-state index in [0.29, 0.717) is 24.1 Å². The van der Waals surface area contributed by atoms with Crippen LogP contribution in [0.15, 0.2) is 18.2 Å². The smallest absolute Gasteiger partial charge is 0.293 e. The third-order valence-corrected chi connectivity index (χ3v) is 3.51. The van der Waals surface area contributed by atoms with E-state index in [-0.39, 0.29) is 23.9 Å². The largest absolute Gasteiger partial charge is 0.372 e. The SMILES string of the molecule is Cc1ccc2nnc(C(=O)N3CC(C)OC(C)C3)nc2c1. The highest BCUT2D eigenvalue weighted by molar-refractivity contribution is 5.92. The number of benzene rings is 1. The third kappa shape index (κ3) is 2.85. The molecule has 0 radical (unpaired) electrons. The second-order valence-electron chi connectivity index (χ2n) is 5.60. The fourth-order valence-electron chi connectivity index (χ4n) is 2.62. The van der Waals surface area contributed by atoms with Gasteiger partial charge in [0.15, 0.2) is 0 Å². The van der Waals surface area contributed by atoms with Crippen molar-refractivity contribution in [2.75, 3.05) is 13.1 Å². The second-order valence-corrected chi connectivity index (χ2v) is 5.60. The number of carbonyl (C=O) groups is 1. The first-order chi connectivity index (χ1) is 10.0. The predicted molar refractivity (Wildman–Crippen MR) is 78.0 cm³/mol. The Hall–Kier alpha value is -2.08. The van der Waals surface area contributed by atoms with Crippen molar-refractivity contribution in [1.82, 2.24) is 20.1 Å². The Morgan fingerprint density at radius 3 is 2.62 bits per heavy atom. The van der Waals surface area contributed by atoms with E-state index in [1.165, 1.54) is 0 Å². The number of ether oxygens (including phenoxy) is 1. The van der Waals surface area contributed by atoms with E-state index in [0.717, 1.165) is 5.56 Å². The van der Waals surface area contributed by atoms with Crippen molar-refractivity contribution in [1.29, 1.82) is 0 Å². The van der Waals surface area contributed by atoms with Crippen LogP contribution in [0.2, 0.25) is 0 Å². The zero-order chi connectivity index (χ0) is 15.0. The summed E-state index contributed by atoms with van der Waals surface area (Å²) in [7, 11) is 0. The van der Waals surface area contributed by atoms with Crippen LogP contribution in [-0.4, -0.2) is 51.3 Å². The van der Waals surface area contributed by atoms with Crippen LogP contribution in [0.3, 0.4) is 0 Å². The predicted octanol–water partition coefficient (Wildman–Crippen LogP) is 1.58. The van der Waals surface area contributed by atoms with Crippen molar-refractivity contribution in [3.8, 4) is 0 Å². The first kappa shape index (κ1) is 13.9. The number of fused-ring (bicyclic) bond motifs is 1. The fourth-order valence-corrected chi connectivity index (χ4v) is 2.62. The van der Waals surface area contributed by atoms with Crippen LogP contribution in [0, 0.1) is 6.92 Å². The molecule has 0 saturated carbocycles. The fraction of sp³-hybridized carbons (Fsp3) is 0.467. The molecule has 2 unspecified atom stereocenters. The zero-order valence-corrected chi connectivity index (χ0v) is 12.4. The standard InChI is InChI=1S/C15H18N4O2/c1-9-4-5-12-13(6-9)16-14(18-17-12)15(20)19-7-10(2)21-11(3)8-19/h4-6,10-11H,7-8H2,1-3H3. The number of hydrogen-bond acceptors (Lipinski definition) is 5. The highest BCUT2D eigenvalue weighted by Crippen LogP contribution is 2.14. The summed E-state index contributed by atoms with van der Waals surface area (Å²) in [6, 6.07) is 5.72. The molecule has 21 heavy (non-hydrogen) atoms. The van der Waals surface area contributed by atoms with E-state index < -0.39 is 0 Å². The lowest BCUT2D eigenvalue weighted by atomic mass is 10.2. The van der Waals surface area contributed by atoms with Crippen LogP contribution in [0.25, 0.3) is 11.0 Å². The first-order valence-corrected chi connectivity index (χ1v) is 7.09. The summed E-state index contributed by atoms with van der Waals surface area (Å²) in [5, 5.41) is 8.05. The Bertz CT molecular complexity index is 678. The van der Waals surface area contributed by atoms with Crippen LogP contribution in [0.5, 0.6) is 0 Å². The molecule has 3 rings (SSSR count). The molecule has 2 heterocycles. The summed E-state index contributed by atoms with van der Waals surface area (Å²) < 4.78 is 5.64. The third-order valence-electron chi connectivity index (χ3n) is 3.51. The summed E-state index contributed by atoms with van der Waals surface area (Å²) in [5.74, 6) is -0.0395. The molecule has 1 amide bonds. The minimum atomic E-state index is -0.187. The van der Waals surface area contributed by atoms with Gasteiger partial charge in [0.1, 0.15) is 5.52 Å². The van der Waals surface area contributed by atoms with E-state index in [1.807, 2.05) is 39.0 Å². The maximum Gasteiger partial charge on any atom is 0.293 e. The molecular formula is C15H18N4O2. The van der Waals surface area contributed by atoms with Gasteiger partial charge in [-0.25, -0.2) is 4.98 Å². The Labute approximate surface area is 123 Å². The Morgan fingerprint density at radius 1 is 1.19 bits per heavy atom. The number of rotatable bonds is 1. The zero-order valence-electron chi connectivity index (χ0n) is 12.4. The molecule has 2 atom stereocenters. The molecule has 0 spiro atoms. The van der Waals surface area contributed by atoms with Crippen molar-refractivity contribution in [2.45, 2.75) is 33.0 Å². The van der Waals surface area contributed by atoms with E-state index in [1.54, 1.807) is 4.90 Å². The molecule has 1 saturated heterocycles. The minimum absolute atomic E-state index is 0.0216. The number of carbonyl (C=O) groups excluding carboxylic acids is 1. The normalized spacial score (nSPS) is 22.5. The topological polar surface area (TPSA) is 68.2 Å². The van der Waals surface area contributed by atoms with Crippen molar-refractivity contribution in [2.24, 2.45) is 0 Å². The molecule has 1 fully saturated rings. The lowest BCUT2D eigenvalue weighted by Gasteiger charge is -2.34. The monoisotopic (exact) mass is 286 g/mol. The molecule has 1 aliphatic rings. The number of aryl methyl sites for hydroxylation is 1. The van der Waals surface area contributed by atoms with Gasteiger partial charge in [0.2, 0.25) is 5.82 Å². The van der Waals surface area contributed by atoms with Gasteiger partial charge in [-0.1, -0.05) is 6.07 Å². The summed E-state index contributed by atoms with van der Waals surface area (Å²) in [4.78, 5) is 18.6. The first-order valence-electron chi connectivity index (χ1n) is 7.09. The maximum absolute atomic E-state index is 12.5. The van der Waals surface area contributed by atoms with Gasteiger partial charge in [0, 0.05) is 13.1 Å². The number of morpholine rings is 1. The van der Waals surface area contributed by atoms with E-state index in [4.69, 9.17) is 4.74 Å². The molecule has 1 aromatic heterocycles. The maximum atomic E-state index is 12.5. The molecule has 0 bridgehead atoms. The van der Waals surface area contributed by atoms with Crippen LogP contribution in [0.1, 0.15) is 30.0 Å². The van der Waals surface area contributed by atoms with Gasteiger partial charge in [-0.2, -0.15) is 0 Å². The van der Waals surface area contributed by atoms with Gasteiger partial charge in [-0.3, -0.25) is 4.79 Å². The van der Waals surface area contributed by atoms with E-state index >= 15 is 0 Å². The molecule has 1 aliphatic heterocycles. The van der Waals surface area contributed by atoms with E-state index in [2.05, 4.69) is 15.2 Å². The van der Waals surface area contributed by atoms with Gasteiger partial charge < -0.3 is 9.64 Å². The van der Waals surface area contributed by atoms with Gasteiger partial charge in [0.25, 0.3) is 5.91 Å². The lowest BCUT2D eigenvalue weighted by molar-refractivity contribution is -0.0589. The van der Waals surface area contributed by atoms with Gasteiger partial charge in [0.05, 0.1) is 17.7 Å². The molecular weight excluding hydrogens is 268 g/mol. The van der Waals surface area contributed by atoms with Crippen molar-refractivity contribution in [3.63, 3.8) is 0 Å². The summed E-state index contributed by atoms with van der Waals surface area (Å²) in [6.45, 7) is 7.00. The Morgan fingerprint density at radius 2 is 1.90 bits per heavy atom. The molecule has 0 aliphatic carbocycles. The molecule has 1 aromatic carbocycles. The van der Waals surface area contributed by atoms with Crippen LogP contribution in [-0.2, 0) is 4.74 Å². The highest BCUT2D eigenvalue weighted by Gasteiger charge is 2.28. The number of aromatic nitrogens is 3. The van der Waals surface area contributed by atoms with Crippen LogP contribution >= 0.6 is 0 Å². The van der Waals surface area contributed by atoms with Gasteiger partial charge in [-0.15, -0.1) is 10.2 Å². The average molecular weight is 286 g/mol. The minimum Gasteiger partial charge on any atom is -0.372 e. The molecule has 0 N–H and O–H groups in total. The molecule has 110 valence electrons. The quantitative estimate of drug-likeness (QED) is 0.796. The summed E-state index contributed by atoms with van der Waals surface area (Å²) in [5.41, 5.74) is 2.47. The van der Waals surface area contributed by atoms with Crippen LogP contribution in [0.4, 0.5) is 0 Å². The van der Waals surface area contributed by atoms with Crippen molar-refractivity contribution >= 4 is 16.9 Å². The molecule has 6 nitrogen and oxygen atoms in total. The number of nitrogens with zero attached hydrogens (tertiary/aromatic N) is 4. The lowest BCUT2D eigenvalue weighted by Crippen LogP contribution is -2.48. The summed E-state index contributed by atoms with van der Waals surface area (Å²) >= 11 is 0. The van der Waals surface area contributed by atoms with Crippen LogP contribution < -0.4 is 0 Å². The molecule has 2 aromatic rings. The average Bonchev–Trinajstić information content (AvgIpc) is 2.44. The number of hydrogen-bond donors (Lipinski definition) is 0. The second kappa shape index (κ2) is 5.37. The highest BCUT2D eigenvalue weighted by atomic mass is 16.5. The van der Waals surface area contributed by atoms with Gasteiger partial charge in [-0.05, 0) is 38.5 Å². The van der Waals surface area contributed by atoms with Gasteiger partial charge >= 0.3 is 0 Å². The Balaban J connectivity index is 1.90.